The van der Waals surface area contributed by atoms with Crippen LogP contribution >= 0.6 is 11.8 Å². The van der Waals surface area contributed by atoms with Crippen LogP contribution in [0.5, 0.6) is 5.75 Å². The van der Waals surface area contributed by atoms with E-state index in [9.17, 15) is 27.2 Å². The van der Waals surface area contributed by atoms with Crippen molar-refractivity contribution in [1.82, 2.24) is 0 Å². The van der Waals surface area contributed by atoms with Gasteiger partial charge < -0.3 is 15.4 Å². The molecule has 0 radical (unpaired) electrons. The average Bonchev–Trinajstić information content (AvgIpc) is 2.78. The second-order valence-corrected chi connectivity index (χ2v) is 7.78. The van der Waals surface area contributed by atoms with Gasteiger partial charge in [0.1, 0.15) is 11.6 Å². The zero-order valence-corrected chi connectivity index (χ0v) is 18.0. The fourth-order valence-electron chi connectivity index (χ4n) is 2.78. The van der Waals surface area contributed by atoms with E-state index in [-0.39, 0.29) is 17.0 Å². The number of anilines is 2. The molecule has 0 spiro atoms. The molecule has 0 saturated carbocycles. The van der Waals surface area contributed by atoms with Crippen LogP contribution in [0.1, 0.15) is 15.9 Å². The van der Waals surface area contributed by atoms with Gasteiger partial charge in [-0.05, 0) is 66.7 Å². The summed E-state index contributed by atoms with van der Waals surface area (Å²) in [5.41, 5.74) is -1.58. The van der Waals surface area contributed by atoms with Gasteiger partial charge in [0, 0.05) is 16.1 Å². The van der Waals surface area contributed by atoms with Gasteiger partial charge in [0.2, 0.25) is 5.91 Å². The molecule has 3 rings (SSSR count). The second-order valence-electron chi connectivity index (χ2n) is 6.73. The van der Waals surface area contributed by atoms with E-state index >= 15 is 0 Å². The van der Waals surface area contributed by atoms with E-state index in [4.69, 9.17) is 4.74 Å². The molecule has 0 saturated heterocycles. The largest absolute Gasteiger partial charge is 0.497 e. The van der Waals surface area contributed by atoms with Crippen molar-refractivity contribution in [2.45, 2.75) is 11.1 Å². The van der Waals surface area contributed by atoms with E-state index in [0.717, 1.165) is 40.9 Å². The summed E-state index contributed by atoms with van der Waals surface area (Å²) in [5.74, 6) is -1.33. The Morgan fingerprint density at radius 3 is 2.21 bits per heavy atom. The minimum Gasteiger partial charge on any atom is -0.497 e. The third-order valence-electron chi connectivity index (χ3n) is 4.39. The Morgan fingerprint density at radius 2 is 1.61 bits per heavy atom. The number of hydrogen-bond acceptors (Lipinski definition) is 4. The van der Waals surface area contributed by atoms with Crippen LogP contribution in [0.2, 0.25) is 0 Å². The number of benzene rings is 3. The van der Waals surface area contributed by atoms with Crippen molar-refractivity contribution < 1.29 is 31.9 Å². The van der Waals surface area contributed by atoms with Crippen molar-refractivity contribution in [1.29, 1.82) is 0 Å². The van der Waals surface area contributed by atoms with Crippen LogP contribution in [0.25, 0.3) is 0 Å². The molecule has 0 atom stereocenters. The monoisotopic (exact) mass is 478 g/mol. The molecule has 3 aromatic rings. The number of alkyl halides is 3. The zero-order valence-electron chi connectivity index (χ0n) is 17.2. The summed E-state index contributed by atoms with van der Waals surface area (Å²) >= 11 is 1.16. The molecule has 0 aliphatic heterocycles. The van der Waals surface area contributed by atoms with Crippen molar-refractivity contribution in [3.05, 3.63) is 83.7 Å². The number of amides is 2. The Bertz CT molecular complexity index is 1130. The van der Waals surface area contributed by atoms with Crippen molar-refractivity contribution >= 4 is 35.0 Å². The van der Waals surface area contributed by atoms with E-state index in [0.29, 0.717) is 5.75 Å². The summed E-state index contributed by atoms with van der Waals surface area (Å²) in [5, 5.41) is 4.61. The third-order valence-corrected chi connectivity index (χ3v) is 5.40. The lowest BCUT2D eigenvalue weighted by molar-refractivity contribution is -0.136. The number of thioether (sulfide) groups is 1. The van der Waals surface area contributed by atoms with Crippen LogP contribution in [0.4, 0.5) is 28.9 Å². The van der Waals surface area contributed by atoms with E-state index in [1.807, 2.05) is 0 Å². The number of ether oxygens (including phenoxy) is 1. The predicted octanol–water partition coefficient (Wildman–Crippen LogP) is 5.84. The molecule has 172 valence electrons. The van der Waals surface area contributed by atoms with Crippen LogP contribution in [-0.4, -0.2) is 24.7 Å². The number of nitrogens with one attached hydrogen (secondary N) is 2. The fourth-order valence-corrected chi connectivity index (χ4v) is 3.48. The zero-order chi connectivity index (χ0) is 24.0. The standard InChI is InChI=1S/C23H18F4N2O3S/c1-32-17-7-9-18(10-8-17)33-13-21(30)29-20-11-6-16(12-19(20)23(25,26)27)28-22(31)14-2-4-15(24)5-3-14/h2-12H,13H2,1H3,(H,28,31)(H,29,30). The lowest BCUT2D eigenvalue weighted by atomic mass is 10.1. The SMILES string of the molecule is COc1ccc(SCC(=O)Nc2ccc(NC(=O)c3ccc(F)cc3)cc2C(F)(F)F)cc1. The quantitative estimate of drug-likeness (QED) is 0.331. The van der Waals surface area contributed by atoms with E-state index in [2.05, 4.69) is 10.6 Å². The molecular weight excluding hydrogens is 460 g/mol. The Morgan fingerprint density at radius 1 is 0.939 bits per heavy atom. The van der Waals surface area contributed by atoms with Gasteiger partial charge >= 0.3 is 6.18 Å². The number of rotatable bonds is 7. The molecule has 0 aromatic heterocycles. The molecule has 5 nitrogen and oxygen atoms in total. The van der Waals surface area contributed by atoms with E-state index in [1.165, 1.54) is 25.3 Å². The van der Waals surface area contributed by atoms with Gasteiger partial charge in [-0.15, -0.1) is 11.8 Å². The first-order valence-electron chi connectivity index (χ1n) is 9.50. The maximum Gasteiger partial charge on any atom is 0.418 e. The molecule has 0 heterocycles. The highest BCUT2D eigenvalue weighted by atomic mass is 32.2. The first-order chi connectivity index (χ1) is 15.7. The number of carbonyl (C=O) groups excluding carboxylic acids is 2. The van der Waals surface area contributed by atoms with Crippen LogP contribution < -0.4 is 15.4 Å². The topological polar surface area (TPSA) is 67.4 Å². The predicted molar refractivity (Wildman–Crippen MR) is 118 cm³/mol. The van der Waals surface area contributed by atoms with E-state index < -0.39 is 35.1 Å². The molecule has 2 N–H and O–H groups in total. The van der Waals surface area contributed by atoms with Gasteiger partial charge in [-0.2, -0.15) is 13.2 Å². The van der Waals surface area contributed by atoms with Crippen LogP contribution in [0.15, 0.2) is 71.6 Å². The highest BCUT2D eigenvalue weighted by Crippen LogP contribution is 2.37. The molecule has 0 bridgehead atoms. The maximum absolute atomic E-state index is 13.6. The van der Waals surface area contributed by atoms with Crippen LogP contribution in [0, 0.1) is 5.82 Å². The number of halogens is 4. The van der Waals surface area contributed by atoms with Gasteiger partial charge in [-0.1, -0.05) is 0 Å². The minimum absolute atomic E-state index is 0.0814. The summed E-state index contributed by atoms with van der Waals surface area (Å²) in [6.45, 7) is 0. The Labute approximate surface area is 191 Å². The Kier molecular flexibility index (Phi) is 7.59. The fraction of sp³-hybridized carbons (Fsp3) is 0.130. The van der Waals surface area contributed by atoms with Gasteiger partial charge in [0.15, 0.2) is 0 Å². The summed E-state index contributed by atoms with van der Waals surface area (Å²) in [4.78, 5) is 25.2. The highest BCUT2D eigenvalue weighted by Gasteiger charge is 2.34. The summed E-state index contributed by atoms with van der Waals surface area (Å²) in [6, 6.07) is 14.5. The molecule has 10 heteroatoms. The normalized spacial score (nSPS) is 11.1. The number of methoxy groups -OCH3 is 1. The maximum atomic E-state index is 13.6. The van der Waals surface area contributed by atoms with Crippen molar-refractivity contribution in [3.8, 4) is 5.75 Å². The minimum atomic E-state index is -4.78. The smallest absolute Gasteiger partial charge is 0.418 e. The van der Waals surface area contributed by atoms with Gasteiger partial charge in [0.25, 0.3) is 5.91 Å². The van der Waals surface area contributed by atoms with E-state index in [1.54, 1.807) is 24.3 Å². The first-order valence-corrected chi connectivity index (χ1v) is 10.5. The summed E-state index contributed by atoms with van der Waals surface area (Å²) in [6.07, 6.45) is -4.78. The molecule has 33 heavy (non-hydrogen) atoms. The average molecular weight is 478 g/mol. The molecule has 0 unspecified atom stereocenters. The highest BCUT2D eigenvalue weighted by molar-refractivity contribution is 8.00. The number of hydrogen-bond donors (Lipinski definition) is 2. The molecule has 0 aliphatic carbocycles. The lowest BCUT2D eigenvalue weighted by Gasteiger charge is -2.16. The molecule has 3 aromatic carbocycles. The second kappa shape index (κ2) is 10.4. The Hall–Kier alpha value is -3.53. The lowest BCUT2D eigenvalue weighted by Crippen LogP contribution is -2.19. The molecule has 0 fully saturated rings. The summed E-state index contributed by atoms with van der Waals surface area (Å²) < 4.78 is 58.8. The molecule has 0 aliphatic rings. The Balaban J connectivity index is 1.70. The van der Waals surface area contributed by atoms with Crippen LogP contribution in [-0.2, 0) is 11.0 Å². The molecule has 2 amide bonds. The summed E-state index contributed by atoms with van der Waals surface area (Å²) in [7, 11) is 1.52. The van der Waals surface area contributed by atoms with Crippen LogP contribution in [0.3, 0.4) is 0 Å². The van der Waals surface area contributed by atoms with Crippen molar-refractivity contribution in [3.63, 3.8) is 0 Å². The molecular formula is C23H18F4N2O3S. The third kappa shape index (κ3) is 6.72. The van der Waals surface area contributed by atoms with Gasteiger partial charge in [-0.25, -0.2) is 4.39 Å². The van der Waals surface area contributed by atoms with Gasteiger partial charge in [0.05, 0.1) is 24.1 Å². The van der Waals surface area contributed by atoms with Crippen molar-refractivity contribution in [2.75, 3.05) is 23.5 Å². The number of carbonyl (C=O) groups is 2. The van der Waals surface area contributed by atoms with Crippen molar-refractivity contribution in [2.24, 2.45) is 0 Å². The first kappa shape index (κ1) is 24.1. The van der Waals surface area contributed by atoms with Gasteiger partial charge in [-0.3, -0.25) is 9.59 Å².